The van der Waals surface area contributed by atoms with Crippen LogP contribution in [0.3, 0.4) is 0 Å². The quantitative estimate of drug-likeness (QED) is 0.193. The van der Waals surface area contributed by atoms with Crippen LogP contribution in [0.2, 0.25) is 0 Å². The van der Waals surface area contributed by atoms with Crippen LogP contribution >= 0.6 is 0 Å². The summed E-state index contributed by atoms with van der Waals surface area (Å²) in [4.78, 5) is 5.94. The Bertz CT molecular complexity index is 2410. The summed E-state index contributed by atoms with van der Waals surface area (Å²) in [5, 5.41) is 3.62. The van der Waals surface area contributed by atoms with E-state index in [1.807, 2.05) is 53.8 Å². The first-order valence-electron chi connectivity index (χ1n) is 19.0. The van der Waals surface area contributed by atoms with Gasteiger partial charge in [-0.25, -0.2) is 0 Å². The van der Waals surface area contributed by atoms with Crippen molar-refractivity contribution >= 4 is 44.1 Å². The SMILES string of the molecule is CC.CC.CC.CC1=CC(c2cccc(-c3ccc4cccc[nH]c5ccccc5c4c3)c2)=CN2C3=C(C=CC3)c3ccccc3-c3cccc1c32. The number of fused-ring (bicyclic) bond motifs is 7. The molecule has 3 heterocycles. The van der Waals surface area contributed by atoms with Gasteiger partial charge in [-0.15, -0.1) is 0 Å². The summed E-state index contributed by atoms with van der Waals surface area (Å²) in [5.74, 6) is 0. The molecular formula is C50H50N2. The minimum Gasteiger partial charge on any atom is -0.361 e. The van der Waals surface area contributed by atoms with E-state index < -0.39 is 0 Å². The number of aromatic nitrogens is 1. The lowest BCUT2D eigenvalue weighted by atomic mass is 9.92. The van der Waals surface area contributed by atoms with E-state index in [-0.39, 0.29) is 0 Å². The molecule has 0 amide bonds. The van der Waals surface area contributed by atoms with Crippen molar-refractivity contribution in [1.82, 2.24) is 4.98 Å². The maximum atomic E-state index is 3.46. The van der Waals surface area contributed by atoms with Gasteiger partial charge >= 0.3 is 0 Å². The minimum absolute atomic E-state index is 0.912. The second-order valence-corrected chi connectivity index (χ2v) is 12.3. The van der Waals surface area contributed by atoms with E-state index in [4.69, 9.17) is 0 Å². The number of rotatable bonds is 2. The molecule has 0 spiro atoms. The van der Waals surface area contributed by atoms with Crippen LogP contribution in [0.1, 0.15) is 71.6 Å². The van der Waals surface area contributed by atoms with Gasteiger partial charge in [-0.1, -0.05) is 157 Å². The molecule has 260 valence electrons. The van der Waals surface area contributed by atoms with E-state index in [9.17, 15) is 0 Å². The summed E-state index contributed by atoms with van der Waals surface area (Å²) in [6.45, 7) is 14.3. The van der Waals surface area contributed by atoms with Crippen LogP contribution < -0.4 is 4.90 Å². The average molecular weight is 679 g/mol. The van der Waals surface area contributed by atoms with E-state index in [0.717, 1.165) is 11.9 Å². The van der Waals surface area contributed by atoms with Crippen molar-refractivity contribution in [1.29, 1.82) is 0 Å². The first-order valence-corrected chi connectivity index (χ1v) is 19.0. The van der Waals surface area contributed by atoms with Gasteiger partial charge in [-0.3, -0.25) is 0 Å². The topological polar surface area (TPSA) is 19.0 Å². The highest BCUT2D eigenvalue weighted by Crippen LogP contribution is 2.50. The van der Waals surface area contributed by atoms with Crippen molar-refractivity contribution in [2.75, 3.05) is 4.90 Å². The zero-order valence-electron chi connectivity index (χ0n) is 31.7. The maximum absolute atomic E-state index is 3.46. The van der Waals surface area contributed by atoms with Crippen molar-refractivity contribution < 1.29 is 0 Å². The lowest BCUT2D eigenvalue weighted by Crippen LogP contribution is -2.16. The van der Waals surface area contributed by atoms with Gasteiger partial charge in [-0.2, -0.15) is 0 Å². The van der Waals surface area contributed by atoms with Gasteiger partial charge in [0.05, 0.1) is 5.69 Å². The predicted octanol–water partition coefficient (Wildman–Crippen LogP) is 14.8. The van der Waals surface area contributed by atoms with E-state index in [0.29, 0.717) is 0 Å². The highest BCUT2D eigenvalue weighted by atomic mass is 15.1. The minimum atomic E-state index is 0.912. The smallest absolute Gasteiger partial charge is 0.0606 e. The monoisotopic (exact) mass is 678 g/mol. The van der Waals surface area contributed by atoms with Crippen LogP contribution in [0.15, 0.2) is 164 Å². The Hall–Kier alpha value is -5.86. The van der Waals surface area contributed by atoms with Crippen molar-refractivity contribution in [3.63, 3.8) is 0 Å². The zero-order chi connectivity index (χ0) is 36.6. The highest BCUT2D eigenvalue weighted by Gasteiger charge is 2.30. The molecule has 2 aliphatic heterocycles. The normalized spacial score (nSPS) is 13.2. The summed E-state index contributed by atoms with van der Waals surface area (Å²) in [7, 11) is 0. The molecule has 3 aliphatic rings. The fourth-order valence-corrected chi connectivity index (χ4v) is 7.37. The molecule has 6 aromatic rings. The van der Waals surface area contributed by atoms with Gasteiger partial charge in [0.2, 0.25) is 0 Å². The lowest BCUT2D eigenvalue weighted by molar-refractivity contribution is 1.10. The second kappa shape index (κ2) is 16.4. The Morgan fingerprint density at radius 2 is 1.23 bits per heavy atom. The van der Waals surface area contributed by atoms with Crippen molar-refractivity contribution in [3.8, 4) is 22.3 Å². The molecule has 1 aliphatic carbocycles. The number of hydrogen-bond acceptors (Lipinski definition) is 1. The van der Waals surface area contributed by atoms with Crippen LogP contribution in [-0.2, 0) is 0 Å². The van der Waals surface area contributed by atoms with Crippen LogP contribution in [0.4, 0.5) is 5.69 Å². The lowest BCUT2D eigenvalue weighted by Gasteiger charge is -2.26. The molecule has 0 atom stereocenters. The van der Waals surface area contributed by atoms with Gasteiger partial charge in [0.25, 0.3) is 0 Å². The zero-order valence-corrected chi connectivity index (χ0v) is 31.7. The Balaban J connectivity index is 0.000000738. The van der Waals surface area contributed by atoms with E-state index in [2.05, 4.69) is 163 Å². The fraction of sp³-hybridized carbons (Fsp3) is 0.160. The third-order valence-electron chi connectivity index (χ3n) is 9.57. The maximum Gasteiger partial charge on any atom is 0.0606 e. The summed E-state index contributed by atoms with van der Waals surface area (Å²) < 4.78 is 0. The van der Waals surface area contributed by atoms with E-state index in [1.54, 1.807) is 0 Å². The Morgan fingerprint density at radius 1 is 0.558 bits per heavy atom. The number of hydrogen-bond donors (Lipinski definition) is 1. The number of anilines is 1. The van der Waals surface area contributed by atoms with E-state index in [1.165, 1.54) is 83.2 Å². The standard InChI is InChI=1S/C44H32N2.3C2H6/c1-29-25-34(28-46-43-21-10-18-39(43)36-14-2-3-15-37(36)40-19-9-17-35(29)44(40)46)32-13-8-12-31(26-32)33-23-22-30-11-6-7-24-45-42-20-5-4-16-38(42)41(30)27-33;3*1-2/h2-20,22-28,45H,21H2,1H3;3*1-2H3. The molecule has 0 bridgehead atoms. The molecule has 1 N–H and O–H groups in total. The third-order valence-corrected chi connectivity index (χ3v) is 9.57. The molecule has 52 heavy (non-hydrogen) atoms. The first-order chi connectivity index (χ1) is 25.7. The molecule has 2 nitrogen and oxygen atoms in total. The molecule has 5 aromatic carbocycles. The predicted molar refractivity (Wildman–Crippen MR) is 230 cm³/mol. The number of aromatic amines is 1. The number of nitrogens with one attached hydrogen (secondary N) is 1. The summed E-state index contributed by atoms with van der Waals surface area (Å²) >= 11 is 0. The number of allylic oxidation sites excluding steroid dienone is 6. The fourth-order valence-electron chi connectivity index (χ4n) is 7.37. The first kappa shape index (κ1) is 35.9. The van der Waals surface area contributed by atoms with Crippen molar-refractivity contribution in [3.05, 3.63) is 180 Å². The molecular weight excluding hydrogens is 629 g/mol. The molecule has 0 saturated carbocycles. The molecule has 0 unspecified atom stereocenters. The van der Waals surface area contributed by atoms with Gasteiger partial charge in [0.1, 0.15) is 0 Å². The molecule has 1 aromatic heterocycles. The van der Waals surface area contributed by atoms with Crippen LogP contribution in [0, 0.1) is 0 Å². The highest BCUT2D eigenvalue weighted by molar-refractivity contribution is 6.06. The van der Waals surface area contributed by atoms with Gasteiger partial charge in [-0.05, 0) is 87.0 Å². The van der Waals surface area contributed by atoms with E-state index >= 15 is 0 Å². The van der Waals surface area contributed by atoms with Gasteiger partial charge in [0.15, 0.2) is 0 Å². The average Bonchev–Trinajstić information content (AvgIpc) is 3.64. The summed E-state index contributed by atoms with van der Waals surface area (Å²) in [5.41, 5.74) is 16.3. The Labute approximate surface area is 310 Å². The number of nitrogens with zero attached hydrogens (tertiary/aromatic N) is 1. The van der Waals surface area contributed by atoms with Crippen LogP contribution in [0.5, 0.6) is 0 Å². The summed E-state index contributed by atoms with van der Waals surface area (Å²) in [6, 6.07) is 46.3. The summed E-state index contributed by atoms with van der Waals surface area (Å²) in [6.07, 6.45) is 12.2. The van der Waals surface area contributed by atoms with Crippen molar-refractivity contribution in [2.45, 2.75) is 54.9 Å². The molecule has 0 saturated heterocycles. The Morgan fingerprint density at radius 3 is 2.08 bits per heavy atom. The van der Waals surface area contributed by atoms with Crippen LogP contribution in [-0.4, -0.2) is 4.98 Å². The Kier molecular flexibility index (Phi) is 11.4. The third kappa shape index (κ3) is 6.65. The molecule has 9 rings (SSSR count). The molecule has 2 heteroatoms. The van der Waals surface area contributed by atoms with Gasteiger partial charge < -0.3 is 9.88 Å². The number of H-pyrrole nitrogens is 1. The molecule has 0 radical (unpaired) electrons. The second-order valence-electron chi connectivity index (χ2n) is 12.3. The van der Waals surface area contributed by atoms with Crippen LogP contribution in [0.25, 0.3) is 60.6 Å². The number of benzene rings is 5. The van der Waals surface area contributed by atoms with Gasteiger partial charge in [0, 0.05) is 52.1 Å². The largest absolute Gasteiger partial charge is 0.361 e. The number of para-hydroxylation sites is 2. The van der Waals surface area contributed by atoms with Crippen molar-refractivity contribution in [2.24, 2.45) is 0 Å². The molecule has 0 fully saturated rings.